The van der Waals surface area contributed by atoms with Gasteiger partial charge >= 0.3 is 12.1 Å². The highest BCUT2D eigenvalue weighted by Gasteiger charge is 2.50. The number of hydrogen-bond acceptors (Lipinski definition) is 5. The second-order valence-electron chi connectivity index (χ2n) is 8.53. The van der Waals surface area contributed by atoms with Crippen molar-refractivity contribution in [3.05, 3.63) is 0 Å². The molecule has 142 valence electrons. The summed E-state index contributed by atoms with van der Waals surface area (Å²) in [7, 11) is 0. The Hall–Kier alpha value is -1.79. The van der Waals surface area contributed by atoms with Gasteiger partial charge in [0.1, 0.15) is 11.6 Å². The Bertz CT molecular complexity index is 532. The summed E-state index contributed by atoms with van der Waals surface area (Å²) in [5.41, 5.74) is -0.992. The molecule has 25 heavy (non-hydrogen) atoms. The van der Waals surface area contributed by atoms with Crippen LogP contribution in [0.2, 0.25) is 0 Å². The summed E-state index contributed by atoms with van der Waals surface area (Å²) in [5.74, 6) is -0.378. The van der Waals surface area contributed by atoms with Crippen LogP contribution in [0.25, 0.3) is 0 Å². The van der Waals surface area contributed by atoms with E-state index in [1.54, 1.807) is 20.8 Å². The fourth-order valence-electron chi connectivity index (χ4n) is 2.66. The molecule has 2 saturated carbocycles. The van der Waals surface area contributed by atoms with Crippen LogP contribution in [0.3, 0.4) is 0 Å². The third kappa shape index (κ3) is 6.21. The van der Waals surface area contributed by atoms with Gasteiger partial charge in [-0.1, -0.05) is 6.92 Å². The fraction of sp³-hybridized carbons (Fsp3) is 0.833. The topological polar surface area (TPSA) is 93.7 Å². The van der Waals surface area contributed by atoms with E-state index in [0.717, 1.165) is 25.7 Å². The molecule has 0 aliphatic heterocycles. The molecule has 7 heteroatoms. The lowest BCUT2D eigenvalue weighted by molar-refractivity contribution is -0.152. The highest BCUT2D eigenvalue weighted by atomic mass is 16.6. The van der Waals surface area contributed by atoms with E-state index >= 15 is 0 Å². The Balaban J connectivity index is 1.84. The zero-order chi connectivity index (χ0) is 18.8. The molecule has 0 aromatic rings. The standard InChI is InChI=1S/C18H30N2O5/c1-11(12-6-7-12)19-13(21)10-24-15(22)14(18(5)8-9-18)20-16(23)25-17(2,3)4/h11-12,14H,6-10H2,1-5H3,(H,19,21)(H,20,23). The quantitative estimate of drug-likeness (QED) is 0.683. The SMILES string of the molecule is CC(NC(=O)COC(=O)C(NC(=O)OC(C)(C)C)C1(C)CC1)C1CC1. The van der Waals surface area contributed by atoms with Crippen LogP contribution in [0.1, 0.15) is 60.3 Å². The number of ether oxygens (including phenoxy) is 2. The molecule has 0 bridgehead atoms. The van der Waals surface area contributed by atoms with Gasteiger partial charge < -0.3 is 20.1 Å². The van der Waals surface area contributed by atoms with Crippen molar-refractivity contribution in [2.45, 2.75) is 78.0 Å². The average molecular weight is 354 g/mol. The maximum absolute atomic E-state index is 12.4. The summed E-state index contributed by atoms with van der Waals surface area (Å²) in [6.45, 7) is 8.79. The molecule has 2 amide bonds. The molecule has 2 unspecified atom stereocenters. The number of amides is 2. The van der Waals surface area contributed by atoms with Gasteiger partial charge in [0.05, 0.1) is 0 Å². The van der Waals surface area contributed by atoms with Gasteiger partial charge in [0.15, 0.2) is 6.61 Å². The van der Waals surface area contributed by atoms with Gasteiger partial charge in [0, 0.05) is 6.04 Å². The number of carbonyl (C=O) groups excluding carboxylic acids is 3. The van der Waals surface area contributed by atoms with Crippen LogP contribution in [0.4, 0.5) is 4.79 Å². The summed E-state index contributed by atoms with van der Waals surface area (Å²) >= 11 is 0. The van der Waals surface area contributed by atoms with Crippen molar-refractivity contribution in [3.8, 4) is 0 Å². The molecule has 2 atom stereocenters. The second-order valence-corrected chi connectivity index (χ2v) is 8.53. The first kappa shape index (κ1) is 19.5. The third-order valence-corrected chi connectivity index (χ3v) is 4.70. The van der Waals surface area contributed by atoms with Gasteiger partial charge in [-0.25, -0.2) is 9.59 Å². The van der Waals surface area contributed by atoms with Gasteiger partial charge in [0.2, 0.25) is 0 Å². The van der Waals surface area contributed by atoms with E-state index in [4.69, 9.17) is 9.47 Å². The Morgan fingerprint density at radius 2 is 1.76 bits per heavy atom. The van der Waals surface area contributed by atoms with E-state index < -0.39 is 23.7 Å². The van der Waals surface area contributed by atoms with E-state index in [0.29, 0.717) is 5.92 Å². The normalized spacial score (nSPS) is 20.8. The van der Waals surface area contributed by atoms with Crippen molar-refractivity contribution >= 4 is 18.0 Å². The number of nitrogens with one attached hydrogen (secondary N) is 2. The minimum Gasteiger partial charge on any atom is -0.454 e. The summed E-state index contributed by atoms with van der Waals surface area (Å²) < 4.78 is 10.4. The largest absolute Gasteiger partial charge is 0.454 e. The lowest BCUT2D eigenvalue weighted by Crippen LogP contribution is -2.49. The predicted molar refractivity (Wildman–Crippen MR) is 91.8 cm³/mol. The van der Waals surface area contributed by atoms with Crippen LogP contribution < -0.4 is 10.6 Å². The Morgan fingerprint density at radius 3 is 2.24 bits per heavy atom. The smallest absolute Gasteiger partial charge is 0.408 e. The Morgan fingerprint density at radius 1 is 1.16 bits per heavy atom. The molecule has 0 aromatic carbocycles. The first-order valence-corrected chi connectivity index (χ1v) is 8.96. The van der Waals surface area contributed by atoms with Crippen molar-refractivity contribution in [2.75, 3.05) is 6.61 Å². The molecule has 0 radical (unpaired) electrons. The minimum atomic E-state index is -0.809. The molecule has 7 nitrogen and oxygen atoms in total. The van der Waals surface area contributed by atoms with Crippen LogP contribution in [0, 0.1) is 11.3 Å². The molecule has 2 N–H and O–H groups in total. The van der Waals surface area contributed by atoms with Crippen LogP contribution in [0.15, 0.2) is 0 Å². The zero-order valence-corrected chi connectivity index (χ0v) is 15.8. The highest BCUT2D eigenvalue weighted by Crippen LogP contribution is 2.48. The van der Waals surface area contributed by atoms with Gasteiger partial charge in [-0.05, 0) is 64.7 Å². The second kappa shape index (κ2) is 7.22. The molecule has 0 saturated heterocycles. The van der Waals surface area contributed by atoms with Gasteiger partial charge in [-0.2, -0.15) is 0 Å². The molecule has 2 fully saturated rings. The number of hydrogen-bond donors (Lipinski definition) is 2. The molecule has 2 aliphatic carbocycles. The van der Waals surface area contributed by atoms with Crippen molar-refractivity contribution in [3.63, 3.8) is 0 Å². The Labute approximate surface area is 149 Å². The first-order chi connectivity index (χ1) is 11.5. The van der Waals surface area contributed by atoms with Crippen LogP contribution >= 0.6 is 0 Å². The van der Waals surface area contributed by atoms with E-state index in [1.807, 2.05) is 13.8 Å². The van der Waals surface area contributed by atoms with Crippen LogP contribution in [0.5, 0.6) is 0 Å². The van der Waals surface area contributed by atoms with Crippen LogP contribution in [-0.4, -0.2) is 42.3 Å². The maximum atomic E-state index is 12.4. The molecule has 0 spiro atoms. The highest BCUT2D eigenvalue weighted by molar-refractivity contribution is 5.85. The first-order valence-electron chi connectivity index (χ1n) is 8.96. The summed E-state index contributed by atoms with van der Waals surface area (Å²) in [6.07, 6.45) is 3.22. The molecular weight excluding hydrogens is 324 g/mol. The van der Waals surface area contributed by atoms with E-state index in [-0.39, 0.29) is 24.0 Å². The summed E-state index contributed by atoms with van der Waals surface area (Å²) in [5, 5.41) is 5.44. The fourth-order valence-corrected chi connectivity index (χ4v) is 2.66. The van der Waals surface area contributed by atoms with Gasteiger partial charge in [-0.15, -0.1) is 0 Å². The van der Waals surface area contributed by atoms with Crippen LogP contribution in [-0.2, 0) is 19.1 Å². The lowest BCUT2D eigenvalue weighted by Gasteiger charge is -2.26. The number of esters is 1. The van der Waals surface area contributed by atoms with Crippen molar-refractivity contribution in [1.82, 2.24) is 10.6 Å². The third-order valence-electron chi connectivity index (χ3n) is 4.70. The summed E-state index contributed by atoms with van der Waals surface area (Å²) in [4.78, 5) is 36.3. The molecule has 0 heterocycles. The minimum absolute atomic E-state index is 0.0998. The predicted octanol–water partition coefficient (Wildman–Crippen LogP) is 2.14. The van der Waals surface area contributed by atoms with Gasteiger partial charge in [-0.3, -0.25) is 4.79 Å². The molecule has 2 aliphatic rings. The van der Waals surface area contributed by atoms with Crippen molar-refractivity contribution in [2.24, 2.45) is 11.3 Å². The lowest BCUT2D eigenvalue weighted by atomic mass is 9.99. The summed E-state index contributed by atoms with van der Waals surface area (Å²) in [6, 6.07) is -0.709. The molecule has 2 rings (SSSR count). The molecule has 0 aromatic heterocycles. The number of rotatable bonds is 7. The van der Waals surface area contributed by atoms with Gasteiger partial charge in [0.25, 0.3) is 5.91 Å². The van der Waals surface area contributed by atoms with Crippen molar-refractivity contribution in [1.29, 1.82) is 0 Å². The maximum Gasteiger partial charge on any atom is 0.408 e. The van der Waals surface area contributed by atoms with Crippen molar-refractivity contribution < 1.29 is 23.9 Å². The van der Waals surface area contributed by atoms with E-state index in [9.17, 15) is 14.4 Å². The Kier molecular flexibility index (Phi) is 5.64. The zero-order valence-electron chi connectivity index (χ0n) is 15.8. The van der Waals surface area contributed by atoms with E-state index in [1.165, 1.54) is 0 Å². The molecular formula is C18H30N2O5. The number of carbonyl (C=O) groups is 3. The average Bonchev–Trinajstić information content (AvgIpc) is 3.35. The number of alkyl carbamates (subject to hydrolysis) is 1. The monoisotopic (exact) mass is 354 g/mol. The van der Waals surface area contributed by atoms with E-state index in [2.05, 4.69) is 10.6 Å².